The minimum absolute atomic E-state index is 0.0295. The van der Waals surface area contributed by atoms with Crippen molar-refractivity contribution in [3.05, 3.63) is 34.1 Å². The first kappa shape index (κ1) is 17.6. The van der Waals surface area contributed by atoms with Crippen molar-refractivity contribution >= 4 is 37.3 Å². The van der Waals surface area contributed by atoms with E-state index in [0.717, 1.165) is 40.7 Å². The van der Waals surface area contributed by atoms with Crippen LogP contribution in [0.5, 0.6) is 0 Å². The number of fused-ring (bicyclic) bond motifs is 1. The minimum Gasteiger partial charge on any atom is -0.375 e. The van der Waals surface area contributed by atoms with Crippen LogP contribution in [0.15, 0.2) is 39.1 Å². The Labute approximate surface area is 160 Å². The first-order valence-corrected chi connectivity index (χ1v) is 11.5. The van der Waals surface area contributed by atoms with Crippen molar-refractivity contribution in [3.8, 4) is 10.6 Å². The Bertz CT molecular complexity index is 849. The number of hydrogen-bond donors (Lipinski definition) is 0. The summed E-state index contributed by atoms with van der Waals surface area (Å²) < 4.78 is 34.7. The molecule has 0 amide bonds. The molecule has 2 aliphatic rings. The van der Waals surface area contributed by atoms with Gasteiger partial charge < -0.3 is 4.74 Å². The Morgan fingerprint density at radius 2 is 1.96 bits per heavy atom. The van der Waals surface area contributed by atoms with E-state index in [1.165, 1.54) is 11.3 Å². The summed E-state index contributed by atoms with van der Waals surface area (Å²) in [5, 5.41) is 2.53. The van der Waals surface area contributed by atoms with Gasteiger partial charge in [-0.1, -0.05) is 40.9 Å². The fraction of sp³-hybridized carbons (Fsp3) is 0.471. The SMILES string of the molecule is O=S(=O)(c1csc(-c2ccc(Br)cc2)n1)N1CCO[C@H]2CCCC[C@@H]21. The van der Waals surface area contributed by atoms with Crippen molar-refractivity contribution in [1.29, 1.82) is 0 Å². The fourth-order valence-corrected chi connectivity index (χ4v) is 6.58. The Kier molecular flexibility index (Phi) is 4.98. The van der Waals surface area contributed by atoms with E-state index in [-0.39, 0.29) is 17.2 Å². The molecular weight excluding hydrogens is 424 g/mol. The molecule has 1 aromatic carbocycles. The van der Waals surface area contributed by atoms with Crippen molar-refractivity contribution in [2.75, 3.05) is 13.2 Å². The van der Waals surface area contributed by atoms with Crippen molar-refractivity contribution in [3.63, 3.8) is 0 Å². The number of halogens is 1. The number of benzene rings is 1. The maximum absolute atomic E-state index is 13.1. The normalized spacial score (nSPS) is 24.8. The fourth-order valence-electron chi connectivity index (χ4n) is 3.58. The van der Waals surface area contributed by atoms with Gasteiger partial charge >= 0.3 is 0 Å². The first-order chi connectivity index (χ1) is 12.1. The molecule has 0 N–H and O–H groups in total. The van der Waals surface area contributed by atoms with E-state index in [1.807, 2.05) is 24.3 Å². The molecule has 8 heteroatoms. The summed E-state index contributed by atoms with van der Waals surface area (Å²) in [5.74, 6) is 0. The van der Waals surface area contributed by atoms with Crippen LogP contribution in [0.25, 0.3) is 10.6 Å². The van der Waals surface area contributed by atoms with Gasteiger partial charge in [0.2, 0.25) is 0 Å². The summed E-state index contributed by atoms with van der Waals surface area (Å²) in [7, 11) is -3.58. The third kappa shape index (κ3) is 3.42. The summed E-state index contributed by atoms with van der Waals surface area (Å²) in [6.07, 6.45) is 4.00. The Hall–Kier alpha value is -0.800. The lowest BCUT2D eigenvalue weighted by Crippen LogP contribution is -2.54. The van der Waals surface area contributed by atoms with Gasteiger partial charge in [0.15, 0.2) is 5.03 Å². The van der Waals surface area contributed by atoms with Crippen LogP contribution in [-0.2, 0) is 14.8 Å². The highest BCUT2D eigenvalue weighted by atomic mass is 79.9. The first-order valence-electron chi connectivity index (χ1n) is 8.40. The number of rotatable bonds is 3. The van der Waals surface area contributed by atoms with Crippen molar-refractivity contribution in [2.24, 2.45) is 0 Å². The topological polar surface area (TPSA) is 59.5 Å². The third-order valence-corrected chi connectivity index (χ3v) is 8.21. The molecule has 4 rings (SSSR count). The van der Waals surface area contributed by atoms with Gasteiger partial charge in [-0.3, -0.25) is 0 Å². The number of aromatic nitrogens is 1. The highest BCUT2D eigenvalue weighted by Crippen LogP contribution is 2.34. The van der Waals surface area contributed by atoms with Gasteiger partial charge in [-0.2, -0.15) is 4.31 Å². The molecule has 1 aliphatic heterocycles. The highest BCUT2D eigenvalue weighted by Gasteiger charge is 2.41. The predicted molar refractivity (Wildman–Crippen MR) is 101 cm³/mol. The molecule has 1 aliphatic carbocycles. The van der Waals surface area contributed by atoms with Gasteiger partial charge in [-0.25, -0.2) is 13.4 Å². The molecule has 0 unspecified atom stereocenters. The molecule has 1 saturated carbocycles. The quantitative estimate of drug-likeness (QED) is 0.722. The maximum Gasteiger partial charge on any atom is 0.261 e. The Morgan fingerprint density at radius 3 is 2.76 bits per heavy atom. The van der Waals surface area contributed by atoms with E-state index in [9.17, 15) is 8.42 Å². The molecule has 2 aromatic rings. The van der Waals surface area contributed by atoms with Crippen LogP contribution < -0.4 is 0 Å². The summed E-state index contributed by atoms with van der Waals surface area (Å²) in [6.45, 7) is 0.874. The lowest BCUT2D eigenvalue weighted by atomic mass is 9.91. The second kappa shape index (κ2) is 7.08. The van der Waals surface area contributed by atoms with Crippen LogP contribution in [0.3, 0.4) is 0 Å². The standard InChI is InChI=1S/C17H19BrN2O3S2/c18-13-7-5-12(6-8-13)17-19-16(11-24-17)25(21,22)20-9-10-23-15-4-2-1-3-14(15)20/h5-8,11,14-15H,1-4,9-10H2/t14-,15-/m0/s1. The molecule has 134 valence electrons. The van der Waals surface area contributed by atoms with Crippen LogP contribution >= 0.6 is 27.3 Å². The zero-order chi connectivity index (χ0) is 17.4. The van der Waals surface area contributed by atoms with E-state index >= 15 is 0 Å². The molecule has 2 heterocycles. The van der Waals surface area contributed by atoms with Gasteiger partial charge in [0.25, 0.3) is 10.0 Å². The monoisotopic (exact) mass is 442 g/mol. The Morgan fingerprint density at radius 1 is 1.20 bits per heavy atom. The lowest BCUT2D eigenvalue weighted by molar-refractivity contribution is -0.0586. The second-order valence-electron chi connectivity index (χ2n) is 6.37. The zero-order valence-electron chi connectivity index (χ0n) is 13.6. The number of hydrogen-bond acceptors (Lipinski definition) is 5. The summed E-state index contributed by atoms with van der Waals surface area (Å²) in [4.78, 5) is 4.43. The van der Waals surface area contributed by atoms with E-state index < -0.39 is 10.0 Å². The maximum atomic E-state index is 13.1. The van der Waals surface area contributed by atoms with Crippen LogP contribution in [0, 0.1) is 0 Å². The van der Waals surface area contributed by atoms with E-state index in [1.54, 1.807) is 9.69 Å². The molecule has 1 saturated heterocycles. The number of ether oxygens (including phenoxy) is 1. The van der Waals surface area contributed by atoms with E-state index in [0.29, 0.717) is 13.2 Å². The van der Waals surface area contributed by atoms with Crippen LogP contribution in [0.2, 0.25) is 0 Å². The van der Waals surface area contributed by atoms with Gasteiger partial charge in [0.1, 0.15) is 5.01 Å². The summed E-state index contributed by atoms with van der Waals surface area (Å²) in [5.41, 5.74) is 0.923. The number of morpholine rings is 1. The van der Waals surface area contributed by atoms with Gasteiger partial charge in [0, 0.05) is 22.0 Å². The molecule has 25 heavy (non-hydrogen) atoms. The summed E-state index contributed by atoms with van der Waals surface area (Å²) in [6, 6.07) is 7.68. The number of thiazole rings is 1. The predicted octanol–water partition coefficient (Wildman–Crippen LogP) is 3.90. The molecule has 0 spiro atoms. The van der Waals surface area contributed by atoms with Crippen molar-refractivity contribution in [2.45, 2.75) is 42.9 Å². The minimum atomic E-state index is -3.58. The van der Waals surface area contributed by atoms with Gasteiger partial charge in [0.05, 0.1) is 18.8 Å². The molecule has 2 fully saturated rings. The molecule has 0 radical (unpaired) electrons. The van der Waals surface area contributed by atoms with Crippen LogP contribution in [0.4, 0.5) is 0 Å². The summed E-state index contributed by atoms with van der Waals surface area (Å²) >= 11 is 4.77. The Balaban J connectivity index is 1.63. The second-order valence-corrected chi connectivity index (χ2v) is 9.99. The average molecular weight is 443 g/mol. The van der Waals surface area contributed by atoms with E-state index in [2.05, 4.69) is 20.9 Å². The molecule has 2 atom stereocenters. The lowest BCUT2D eigenvalue weighted by Gasteiger charge is -2.42. The third-order valence-electron chi connectivity index (χ3n) is 4.83. The number of nitrogens with zero attached hydrogens (tertiary/aromatic N) is 2. The largest absolute Gasteiger partial charge is 0.375 e. The molecule has 5 nitrogen and oxygen atoms in total. The smallest absolute Gasteiger partial charge is 0.261 e. The van der Waals surface area contributed by atoms with Crippen LogP contribution in [-0.4, -0.2) is 43.0 Å². The number of sulfonamides is 1. The van der Waals surface area contributed by atoms with Gasteiger partial charge in [-0.05, 0) is 25.0 Å². The molecule has 1 aromatic heterocycles. The van der Waals surface area contributed by atoms with Crippen LogP contribution in [0.1, 0.15) is 25.7 Å². The zero-order valence-corrected chi connectivity index (χ0v) is 16.8. The molecular formula is C17H19BrN2O3S2. The van der Waals surface area contributed by atoms with Crippen molar-refractivity contribution in [1.82, 2.24) is 9.29 Å². The van der Waals surface area contributed by atoms with Gasteiger partial charge in [-0.15, -0.1) is 11.3 Å². The highest BCUT2D eigenvalue weighted by molar-refractivity contribution is 9.10. The van der Waals surface area contributed by atoms with Crippen molar-refractivity contribution < 1.29 is 13.2 Å². The molecule has 0 bridgehead atoms. The van der Waals surface area contributed by atoms with E-state index in [4.69, 9.17) is 4.74 Å². The average Bonchev–Trinajstić information content (AvgIpc) is 3.13.